The molecule has 0 bridgehead atoms. The number of aliphatic hydroxyl groups is 2. The number of nitrogens with two attached hydrogens (primary N) is 1. The first-order valence-electron chi connectivity index (χ1n) is 6.28. The van der Waals surface area contributed by atoms with Crippen LogP contribution in [0.15, 0.2) is 11.1 Å². The van der Waals surface area contributed by atoms with E-state index in [1.165, 1.54) is 15.5 Å². The van der Waals surface area contributed by atoms with E-state index in [1.807, 2.05) is 0 Å². The Morgan fingerprint density at radius 1 is 1.67 bits per heavy atom. The molecule has 0 aliphatic carbocycles. The highest BCUT2D eigenvalue weighted by Gasteiger charge is 2.47. The third-order valence-corrected chi connectivity index (χ3v) is 3.53. The molecule has 0 aromatic carbocycles. The van der Waals surface area contributed by atoms with Crippen LogP contribution in [-0.4, -0.2) is 49.7 Å². The van der Waals surface area contributed by atoms with Crippen LogP contribution in [0.4, 0.5) is 10.3 Å². The summed E-state index contributed by atoms with van der Waals surface area (Å²) >= 11 is 0. The molecule has 4 atom stereocenters. The molecule has 0 spiro atoms. The molecule has 9 nitrogen and oxygen atoms in total. The number of H-pyrrole nitrogens is 1. The van der Waals surface area contributed by atoms with Crippen LogP contribution in [0.1, 0.15) is 6.23 Å². The number of aliphatic hydroxyl groups excluding tert-OH is 2. The molecule has 21 heavy (non-hydrogen) atoms. The Morgan fingerprint density at radius 3 is 3.00 bits per heavy atom. The van der Waals surface area contributed by atoms with Crippen molar-refractivity contribution in [2.24, 2.45) is 7.05 Å². The maximum Gasteiger partial charge on any atom is 0.313 e. The smallest absolute Gasteiger partial charge is 0.313 e. The first-order valence-corrected chi connectivity index (χ1v) is 6.28. The Hall–Kier alpha value is -2.04. The predicted molar refractivity (Wildman–Crippen MR) is 67.8 cm³/mol. The molecule has 0 amide bonds. The van der Waals surface area contributed by atoms with Gasteiger partial charge in [0.25, 0.3) is 11.5 Å². The van der Waals surface area contributed by atoms with Crippen molar-refractivity contribution < 1.29 is 23.9 Å². The standard InChI is InChI=1S/C11H14FN5O4/c1-16-3-17(8-6(16)9(20)15-11(13)14-8)10-7(19)5(12)4(2-18)21-10/h3-5,7,10,18-19H,2H2,1H3,(H2-,13,14,15,20)/p+1/t4-,5-,7-,10-/m1/s1. The number of rotatable bonds is 2. The van der Waals surface area contributed by atoms with Gasteiger partial charge in [0.05, 0.1) is 13.7 Å². The molecule has 0 saturated carbocycles. The summed E-state index contributed by atoms with van der Waals surface area (Å²) in [5.41, 5.74) is 5.43. The molecule has 10 heteroatoms. The van der Waals surface area contributed by atoms with Gasteiger partial charge in [0.2, 0.25) is 11.7 Å². The average molecular weight is 300 g/mol. The number of nitrogens with one attached hydrogen (secondary N) is 1. The third-order valence-electron chi connectivity index (χ3n) is 3.53. The highest BCUT2D eigenvalue weighted by molar-refractivity contribution is 5.67. The molecule has 1 fully saturated rings. The Bertz CT molecular complexity index is 744. The van der Waals surface area contributed by atoms with E-state index in [4.69, 9.17) is 15.6 Å². The van der Waals surface area contributed by atoms with E-state index in [0.717, 1.165) is 0 Å². The zero-order valence-corrected chi connectivity index (χ0v) is 11.1. The summed E-state index contributed by atoms with van der Waals surface area (Å²) in [7, 11) is 1.60. The fourth-order valence-corrected chi connectivity index (χ4v) is 2.54. The van der Waals surface area contributed by atoms with Crippen molar-refractivity contribution in [3.8, 4) is 0 Å². The van der Waals surface area contributed by atoms with Gasteiger partial charge in [-0.25, -0.2) is 8.96 Å². The lowest BCUT2D eigenvalue weighted by atomic mass is 10.1. The van der Waals surface area contributed by atoms with E-state index < -0.39 is 36.8 Å². The zero-order chi connectivity index (χ0) is 15.3. The largest absolute Gasteiger partial charge is 0.394 e. The normalized spacial score (nSPS) is 29.3. The van der Waals surface area contributed by atoms with E-state index in [0.29, 0.717) is 0 Å². The van der Waals surface area contributed by atoms with E-state index >= 15 is 0 Å². The lowest BCUT2D eigenvalue weighted by Crippen LogP contribution is -2.45. The van der Waals surface area contributed by atoms with Crippen molar-refractivity contribution in [3.63, 3.8) is 0 Å². The first kappa shape index (κ1) is 13.9. The summed E-state index contributed by atoms with van der Waals surface area (Å²) in [6.45, 7) is -0.559. The monoisotopic (exact) mass is 300 g/mol. The minimum atomic E-state index is -1.73. The van der Waals surface area contributed by atoms with Crippen molar-refractivity contribution in [1.82, 2.24) is 14.5 Å². The third kappa shape index (κ3) is 1.99. The average Bonchev–Trinajstić information content (AvgIpc) is 2.89. The topological polar surface area (TPSA) is 130 Å². The van der Waals surface area contributed by atoms with Crippen molar-refractivity contribution in [3.05, 3.63) is 16.7 Å². The SMILES string of the molecule is Cn1c[n+]([C@@H]2O[C@H](CO)[C@@H](F)[C@H]2O)c2nc(N)[nH]c(=O)c21. The number of hydrogen-bond acceptors (Lipinski definition) is 6. The number of ether oxygens (including phenoxy) is 1. The van der Waals surface area contributed by atoms with Crippen molar-refractivity contribution >= 4 is 17.1 Å². The Kier molecular flexibility index (Phi) is 3.15. The number of imidazole rings is 1. The molecular formula is C11H15FN5O4+. The van der Waals surface area contributed by atoms with Crippen LogP contribution < -0.4 is 15.9 Å². The summed E-state index contributed by atoms with van der Waals surface area (Å²) in [5, 5.41) is 19.0. The van der Waals surface area contributed by atoms with Crippen LogP contribution in [0.25, 0.3) is 11.2 Å². The number of halogens is 1. The molecule has 0 radical (unpaired) electrons. The Morgan fingerprint density at radius 2 is 2.38 bits per heavy atom. The summed E-state index contributed by atoms with van der Waals surface area (Å²) in [6.07, 6.45) is -4.00. The summed E-state index contributed by atoms with van der Waals surface area (Å²) in [4.78, 5) is 18.2. The molecule has 3 heterocycles. The minimum absolute atomic E-state index is 0.101. The highest BCUT2D eigenvalue weighted by atomic mass is 19.1. The van der Waals surface area contributed by atoms with Gasteiger partial charge in [-0.15, -0.1) is 0 Å². The van der Waals surface area contributed by atoms with Gasteiger partial charge >= 0.3 is 5.65 Å². The zero-order valence-electron chi connectivity index (χ0n) is 11.1. The van der Waals surface area contributed by atoms with Crippen molar-refractivity contribution in [2.75, 3.05) is 12.3 Å². The van der Waals surface area contributed by atoms with E-state index in [2.05, 4.69) is 9.97 Å². The van der Waals surface area contributed by atoms with Gasteiger partial charge in [0.1, 0.15) is 12.2 Å². The van der Waals surface area contributed by atoms with Crippen molar-refractivity contribution in [2.45, 2.75) is 24.6 Å². The number of aromatic amines is 1. The second kappa shape index (κ2) is 4.76. The first-order chi connectivity index (χ1) is 9.93. The number of anilines is 1. The van der Waals surface area contributed by atoms with Crippen LogP contribution >= 0.6 is 0 Å². The molecule has 1 saturated heterocycles. The maximum atomic E-state index is 13.8. The van der Waals surface area contributed by atoms with Gasteiger partial charge in [-0.05, 0) is 0 Å². The molecule has 1 aliphatic rings. The molecule has 114 valence electrons. The number of alkyl halides is 1. The van der Waals surface area contributed by atoms with Gasteiger partial charge in [-0.2, -0.15) is 0 Å². The molecule has 1 aliphatic heterocycles. The summed E-state index contributed by atoms with van der Waals surface area (Å²) in [6, 6.07) is 0. The quantitative estimate of drug-likeness (QED) is 0.462. The van der Waals surface area contributed by atoms with Gasteiger partial charge in [-0.3, -0.25) is 14.3 Å². The fraction of sp³-hybridized carbons (Fsp3) is 0.545. The van der Waals surface area contributed by atoms with Gasteiger partial charge < -0.3 is 20.7 Å². The Labute approximate surface area is 117 Å². The number of aryl methyl sites for hydroxylation is 1. The van der Waals surface area contributed by atoms with Gasteiger partial charge in [0.15, 0.2) is 12.5 Å². The van der Waals surface area contributed by atoms with E-state index in [-0.39, 0.29) is 17.1 Å². The number of nitrogen functional groups attached to an aromatic ring is 1. The van der Waals surface area contributed by atoms with E-state index in [1.54, 1.807) is 7.05 Å². The van der Waals surface area contributed by atoms with Gasteiger partial charge in [-0.1, -0.05) is 4.98 Å². The summed E-state index contributed by atoms with van der Waals surface area (Å²) in [5.74, 6) is -0.101. The lowest BCUT2D eigenvalue weighted by Gasteiger charge is -2.11. The minimum Gasteiger partial charge on any atom is -0.394 e. The number of fused-ring (bicyclic) bond motifs is 1. The number of aromatic nitrogens is 4. The lowest BCUT2D eigenvalue weighted by molar-refractivity contribution is -0.745. The maximum absolute atomic E-state index is 13.8. The van der Waals surface area contributed by atoms with E-state index in [9.17, 15) is 14.3 Å². The van der Waals surface area contributed by atoms with Crippen LogP contribution in [0.2, 0.25) is 0 Å². The molecule has 0 unspecified atom stereocenters. The molecule has 2 aromatic heterocycles. The van der Waals surface area contributed by atoms with Crippen LogP contribution in [0.3, 0.4) is 0 Å². The number of hydrogen-bond donors (Lipinski definition) is 4. The van der Waals surface area contributed by atoms with Crippen molar-refractivity contribution in [1.29, 1.82) is 0 Å². The Balaban J connectivity index is 2.16. The molecular weight excluding hydrogens is 285 g/mol. The van der Waals surface area contributed by atoms with Crippen LogP contribution in [0, 0.1) is 0 Å². The number of nitrogens with zero attached hydrogens (tertiary/aromatic N) is 3. The molecule has 2 aromatic rings. The molecule has 3 rings (SSSR count). The van der Waals surface area contributed by atoms with Gasteiger partial charge in [0, 0.05) is 0 Å². The van der Waals surface area contributed by atoms with Crippen LogP contribution in [0.5, 0.6) is 0 Å². The highest BCUT2D eigenvalue weighted by Crippen LogP contribution is 2.28. The summed E-state index contributed by atoms with van der Waals surface area (Å²) < 4.78 is 21.9. The second-order valence-corrected chi connectivity index (χ2v) is 4.94. The van der Waals surface area contributed by atoms with Crippen LogP contribution in [-0.2, 0) is 11.8 Å². The second-order valence-electron chi connectivity index (χ2n) is 4.94. The molecule has 5 N–H and O–H groups in total. The predicted octanol–water partition coefficient (Wildman–Crippen LogP) is -2.28. The fourth-order valence-electron chi connectivity index (χ4n) is 2.54.